The first-order valence-electron chi connectivity index (χ1n) is 8.17. The number of carbonyl (C=O) groups is 2. The Bertz CT molecular complexity index is 550. The second-order valence-electron chi connectivity index (χ2n) is 6.05. The second kappa shape index (κ2) is 10.6. The van der Waals surface area contributed by atoms with Crippen molar-refractivity contribution < 1.29 is 14.3 Å². The molecule has 1 aromatic rings. The molecule has 0 spiro atoms. The summed E-state index contributed by atoms with van der Waals surface area (Å²) in [4.78, 5) is 27.6. The summed E-state index contributed by atoms with van der Waals surface area (Å²) >= 11 is 0. The van der Waals surface area contributed by atoms with E-state index in [1.165, 1.54) is 12.7 Å². The quantitative estimate of drug-likeness (QED) is 0.514. The molecule has 0 saturated carbocycles. The maximum absolute atomic E-state index is 12.4. The van der Waals surface area contributed by atoms with Crippen LogP contribution in [0.4, 0.5) is 0 Å². The number of esters is 1. The molecule has 0 radical (unpaired) electrons. The molecular weight excluding hydrogens is 304 g/mol. The van der Waals surface area contributed by atoms with Crippen molar-refractivity contribution in [2.45, 2.75) is 19.8 Å². The van der Waals surface area contributed by atoms with Gasteiger partial charge in [0.15, 0.2) is 0 Å². The third-order valence-corrected chi connectivity index (χ3v) is 3.65. The molecule has 5 heteroatoms. The van der Waals surface area contributed by atoms with Crippen LogP contribution in [0.5, 0.6) is 0 Å². The Morgan fingerprint density at radius 2 is 1.75 bits per heavy atom. The van der Waals surface area contributed by atoms with Crippen LogP contribution in [0.25, 0.3) is 6.08 Å². The lowest BCUT2D eigenvalue weighted by molar-refractivity contribution is -0.141. The number of hydrogen-bond acceptors (Lipinski definition) is 4. The number of carbonyl (C=O) groups excluding carboxylic acids is 2. The minimum absolute atomic E-state index is 0.0850. The summed E-state index contributed by atoms with van der Waals surface area (Å²) in [7, 11) is 5.35. The fraction of sp³-hybridized carbons (Fsp3) is 0.474. The highest BCUT2D eigenvalue weighted by atomic mass is 16.5. The molecule has 24 heavy (non-hydrogen) atoms. The molecule has 0 atom stereocenters. The first kappa shape index (κ1) is 19.9. The standard InChI is InChI=1S/C19H28N2O3/c1-16-6-8-17(9-7-16)10-11-18(22)21(14-5-13-20(2)3)15-12-19(23)24-4/h6-11H,5,12-15H2,1-4H3/b11-10+. The normalized spacial score (nSPS) is 11.0. The van der Waals surface area contributed by atoms with Gasteiger partial charge in [0.1, 0.15) is 0 Å². The summed E-state index contributed by atoms with van der Waals surface area (Å²) in [5.41, 5.74) is 2.16. The van der Waals surface area contributed by atoms with Crippen LogP contribution in [0.3, 0.4) is 0 Å². The van der Waals surface area contributed by atoms with E-state index in [1.807, 2.05) is 45.3 Å². The van der Waals surface area contributed by atoms with Gasteiger partial charge in [-0.3, -0.25) is 9.59 Å². The maximum atomic E-state index is 12.4. The van der Waals surface area contributed by atoms with Gasteiger partial charge in [-0.05, 0) is 45.6 Å². The van der Waals surface area contributed by atoms with E-state index >= 15 is 0 Å². The van der Waals surface area contributed by atoms with Crippen LogP contribution in [0.2, 0.25) is 0 Å². The zero-order valence-electron chi connectivity index (χ0n) is 15.1. The summed E-state index contributed by atoms with van der Waals surface area (Å²) < 4.78 is 4.66. The molecule has 1 aromatic carbocycles. The van der Waals surface area contributed by atoms with Gasteiger partial charge in [-0.15, -0.1) is 0 Å². The monoisotopic (exact) mass is 332 g/mol. The second-order valence-corrected chi connectivity index (χ2v) is 6.05. The van der Waals surface area contributed by atoms with E-state index in [0.717, 1.165) is 18.5 Å². The van der Waals surface area contributed by atoms with Crippen molar-refractivity contribution in [3.63, 3.8) is 0 Å². The van der Waals surface area contributed by atoms with Gasteiger partial charge in [0, 0.05) is 19.2 Å². The molecule has 0 unspecified atom stereocenters. The third-order valence-electron chi connectivity index (χ3n) is 3.65. The maximum Gasteiger partial charge on any atom is 0.307 e. The van der Waals surface area contributed by atoms with Gasteiger partial charge in [-0.2, -0.15) is 0 Å². The van der Waals surface area contributed by atoms with Crippen LogP contribution >= 0.6 is 0 Å². The number of benzene rings is 1. The first-order valence-corrected chi connectivity index (χ1v) is 8.17. The van der Waals surface area contributed by atoms with Crippen LogP contribution < -0.4 is 0 Å². The van der Waals surface area contributed by atoms with Gasteiger partial charge in [0.2, 0.25) is 5.91 Å². The number of hydrogen-bond donors (Lipinski definition) is 0. The van der Waals surface area contributed by atoms with Crippen molar-refractivity contribution in [2.75, 3.05) is 40.8 Å². The number of rotatable bonds is 9. The Morgan fingerprint density at radius 3 is 2.33 bits per heavy atom. The van der Waals surface area contributed by atoms with Crippen molar-refractivity contribution in [1.82, 2.24) is 9.80 Å². The van der Waals surface area contributed by atoms with Crippen molar-refractivity contribution in [1.29, 1.82) is 0 Å². The molecule has 0 aliphatic carbocycles. The molecule has 132 valence electrons. The lowest BCUT2D eigenvalue weighted by Crippen LogP contribution is -2.34. The van der Waals surface area contributed by atoms with Crippen molar-refractivity contribution >= 4 is 18.0 Å². The van der Waals surface area contributed by atoms with E-state index in [0.29, 0.717) is 13.1 Å². The molecular formula is C19H28N2O3. The number of aryl methyl sites for hydroxylation is 1. The Morgan fingerprint density at radius 1 is 1.08 bits per heavy atom. The third kappa shape index (κ3) is 7.92. The van der Waals surface area contributed by atoms with Crippen molar-refractivity contribution in [3.8, 4) is 0 Å². The number of ether oxygens (including phenoxy) is 1. The molecule has 5 nitrogen and oxygen atoms in total. The zero-order valence-corrected chi connectivity index (χ0v) is 15.1. The average Bonchev–Trinajstić information content (AvgIpc) is 2.56. The first-order chi connectivity index (χ1) is 11.4. The van der Waals surface area contributed by atoms with Crippen LogP contribution in [0.1, 0.15) is 24.0 Å². The fourth-order valence-corrected chi connectivity index (χ4v) is 2.19. The molecule has 1 amide bonds. The molecule has 0 bridgehead atoms. The van der Waals surface area contributed by atoms with Gasteiger partial charge in [-0.25, -0.2) is 0 Å². The highest BCUT2D eigenvalue weighted by molar-refractivity contribution is 5.92. The van der Waals surface area contributed by atoms with Gasteiger partial charge >= 0.3 is 5.97 Å². The van der Waals surface area contributed by atoms with Crippen LogP contribution in [-0.2, 0) is 14.3 Å². The van der Waals surface area contributed by atoms with E-state index in [2.05, 4.69) is 9.64 Å². The summed E-state index contributed by atoms with van der Waals surface area (Å²) in [5.74, 6) is -0.388. The molecule has 0 aliphatic heterocycles. The van der Waals surface area contributed by atoms with Crippen LogP contribution in [0.15, 0.2) is 30.3 Å². The van der Waals surface area contributed by atoms with Gasteiger partial charge in [0.05, 0.1) is 13.5 Å². The highest BCUT2D eigenvalue weighted by Crippen LogP contribution is 2.06. The molecule has 0 fully saturated rings. The minimum atomic E-state index is -0.303. The summed E-state index contributed by atoms with van der Waals surface area (Å²) in [6, 6.07) is 7.97. The predicted octanol–water partition coefficient (Wildman–Crippen LogP) is 2.35. The molecule has 0 aliphatic rings. The summed E-state index contributed by atoms with van der Waals surface area (Å²) in [5, 5.41) is 0. The van der Waals surface area contributed by atoms with Crippen LogP contribution in [-0.4, -0.2) is 62.5 Å². The summed E-state index contributed by atoms with van der Waals surface area (Å²) in [6.07, 6.45) is 4.44. The largest absolute Gasteiger partial charge is 0.469 e. The molecule has 0 N–H and O–H groups in total. The Hall–Kier alpha value is -2.14. The van der Waals surface area contributed by atoms with E-state index in [4.69, 9.17) is 0 Å². The van der Waals surface area contributed by atoms with Gasteiger partial charge in [-0.1, -0.05) is 29.8 Å². The van der Waals surface area contributed by atoms with Gasteiger partial charge in [0.25, 0.3) is 0 Å². The number of nitrogens with zero attached hydrogens (tertiary/aromatic N) is 2. The Labute approximate surface area is 144 Å². The molecule has 0 aromatic heterocycles. The lowest BCUT2D eigenvalue weighted by Gasteiger charge is -2.21. The number of methoxy groups -OCH3 is 1. The lowest BCUT2D eigenvalue weighted by atomic mass is 10.1. The molecule has 1 rings (SSSR count). The Kier molecular flexibility index (Phi) is 8.79. The van der Waals surface area contributed by atoms with Crippen molar-refractivity contribution in [3.05, 3.63) is 41.5 Å². The summed E-state index contributed by atoms with van der Waals surface area (Å²) in [6.45, 7) is 3.91. The van der Waals surface area contributed by atoms with E-state index in [1.54, 1.807) is 17.1 Å². The van der Waals surface area contributed by atoms with E-state index in [-0.39, 0.29) is 18.3 Å². The van der Waals surface area contributed by atoms with Crippen molar-refractivity contribution in [2.24, 2.45) is 0 Å². The number of amides is 1. The Balaban J connectivity index is 2.66. The predicted molar refractivity (Wildman–Crippen MR) is 96.6 cm³/mol. The fourth-order valence-electron chi connectivity index (χ4n) is 2.19. The van der Waals surface area contributed by atoms with E-state index < -0.39 is 0 Å². The van der Waals surface area contributed by atoms with Gasteiger partial charge < -0.3 is 14.5 Å². The topological polar surface area (TPSA) is 49.9 Å². The van der Waals surface area contributed by atoms with E-state index in [9.17, 15) is 9.59 Å². The SMILES string of the molecule is COC(=O)CCN(CCCN(C)C)C(=O)/C=C/c1ccc(C)cc1. The minimum Gasteiger partial charge on any atom is -0.469 e. The zero-order chi connectivity index (χ0) is 17.9. The average molecular weight is 332 g/mol. The van der Waals surface area contributed by atoms with Crippen LogP contribution in [0, 0.1) is 6.92 Å². The molecule has 0 saturated heterocycles. The highest BCUT2D eigenvalue weighted by Gasteiger charge is 2.13. The smallest absolute Gasteiger partial charge is 0.307 e. The molecule has 0 heterocycles.